The van der Waals surface area contributed by atoms with E-state index >= 15 is 0 Å². The molecule has 0 radical (unpaired) electrons. The van der Waals surface area contributed by atoms with Crippen LogP contribution in [0.25, 0.3) is 0 Å². The molecule has 0 aliphatic carbocycles. The van der Waals surface area contributed by atoms with Gasteiger partial charge in [-0.25, -0.2) is 8.42 Å². The van der Waals surface area contributed by atoms with Gasteiger partial charge in [-0.05, 0) is 66.9 Å². The Balaban J connectivity index is 1.79. The van der Waals surface area contributed by atoms with Crippen molar-refractivity contribution in [1.29, 1.82) is 0 Å². The van der Waals surface area contributed by atoms with Crippen LogP contribution >= 0.6 is 11.6 Å². The quantitative estimate of drug-likeness (QED) is 0.572. The minimum atomic E-state index is -3.48. The first-order chi connectivity index (χ1) is 14.1. The van der Waals surface area contributed by atoms with Gasteiger partial charge < -0.3 is 5.32 Å². The monoisotopic (exact) mass is 442 g/mol. The molecule has 0 bridgehead atoms. The summed E-state index contributed by atoms with van der Waals surface area (Å²) in [7, 11) is -3.48. The normalized spacial score (nSPS) is 11.2. The van der Waals surface area contributed by atoms with Crippen LogP contribution in [0, 0.1) is 13.8 Å². The molecule has 0 saturated carbocycles. The van der Waals surface area contributed by atoms with Crippen molar-refractivity contribution in [2.24, 2.45) is 0 Å². The lowest BCUT2D eigenvalue weighted by atomic mass is 10.1. The van der Waals surface area contributed by atoms with Gasteiger partial charge in [0.1, 0.15) is 0 Å². The Morgan fingerprint density at radius 2 is 1.63 bits per heavy atom. The predicted molar refractivity (Wildman–Crippen MR) is 123 cm³/mol. The van der Waals surface area contributed by atoms with Crippen molar-refractivity contribution in [2.45, 2.75) is 20.4 Å². The number of anilines is 2. The predicted octanol–water partition coefficient (Wildman–Crippen LogP) is 5.18. The molecule has 0 saturated heterocycles. The number of benzene rings is 3. The van der Waals surface area contributed by atoms with Gasteiger partial charge in [0.05, 0.1) is 29.2 Å². The molecule has 0 spiro atoms. The Labute approximate surface area is 182 Å². The Bertz CT molecular complexity index is 1180. The third-order valence-corrected chi connectivity index (χ3v) is 6.31. The first-order valence-corrected chi connectivity index (χ1v) is 11.6. The number of hydrogen-bond acceptors (Lipinski definition) is 3. The van der Waals surface area contributed by atoms with E-state index in [-0.39, 0.29) is 12.5 Å². The molecule has 30 heavy (non-hydrogen) atoms. The number of hydrogen-bond donors (Lipinski definition) is 1. The number of rotatable bonds is 6. The fraction of sp³-hybridized carbons (Fsp3) is 0.174. The van der Waals surface area contributed by atoms with E-state index in [1.54, 1.807) is 54.6 Å². The molecule has 156 valence electrons. The van der Waals surface area contributed by atoms with Crippen LogP contribution in [-0.4, -0.2) is 20.6 Å². The summed E-state index contributed by atoms with van der Waals surface area (Å²) in [5, 5.41) is 3.23. The molecule has 1 N–H and O–H groups in total. The molecule has 3 aromatic rings. The van der Waals surface area contributed by atoms with Crippen LogP contribution in [0.3, 0.4) is 0 Å². The number of halogens is 1. The SMILES string of the molecule is Cc1ccc(N(Cc2ccc(C(=O)Nc3ccccc3Cl)cc2)S(C)(=O)=O)cc1C. The molecule has 0 aromatic heterocycles. The van der Waals surface area contributed by atoms with Gasteiger partial charge in [-0.2, -0.15) is 0 Å². The molecule has 0 aliphatic rings. The van der Waals surface area contributed by atoms with Gasteiger partial charge in [-0.15, -0.1) is 0 Å². The highest BCUT2D eigenvalue weighted by molar-refractivity contribution is 7.92. The van der Waals surface area contributed by atoms with E-state index in [1.165, 1.54) is 10.6 Å². The number of para-hydroxylation sites is 1. The van der Waals surface area contributed by atoms with Crippen LogP contribution in [0.1, 0.15) is 27.0 Å². The van der Waals surface area contributed by atoms with Crippen molar-refractivity contribution >= 4 is 38.9 Å². The summed E-state index contributed by atoms with van der Waals surface area (Å²) in [5.41, 5.74) is 4.49. The maximum Gasteiger partial charge on any atom is 0.255 e. The lowest BCUT2D eigenvalue weighted by molar-refractivity contribution is 0.102. The fourth-order valence-electron chi connectivity index (χ4n) is 2.97. The zero-order valence-corrected chi connectivity index (χ0v) is 18.6. The lowest BCUT2D eigenvalue weighted by Gasteiger charge is -2.23. The standard InChI is InChI=1S/C23H23ClN2O3S/c1-16-8-13-20(14-17(16)2)26(30(3,28)29)15-18-9-11-19(12-10-18)23(27)25-22-7-5-4-6-21(22)24/h4-14H,15H2,1-3H3,(H,25,27). The second kappa shape index (κ2) is 8.90. The molecule has 7 heteroatoms. The minimum absolute atomic E-state index is 0.174. The van der Waals surface area contributed by atoms with Gasteiger partial charge in [0.2, 0.25) is 10.0 Å². The molecule has 0 fully saturated rings. The van der Waals surface area contributed by atoms with Gasteiger partial charge in [0.15, 0.2) is 0 Å². The van der Waals surface area contributed by atoms with Crippen molar-refractivity contribution < 1.29 is 13.2 Å². The minimum Gasteiger partial charge on any atom is -0.321 e. The third-order valence-electron chi connectivity index (χ3n) is 4.84. The first kappa shape index (κ1) is 21.9. The van der Waals surface area contributed by atoms with E-state index < -0.39 is 10.0 Å². The van der Waals surface area contributed by atoms with Gasteiger partial charge >= 0.3 is 0 Å². The summed E-state index contributed by atoms with van der Waals surface area (Å²) in [6.45, 7) is 4.11. The first-order valence-electron chi connectivity index (χ1n) is 9.35. The average molecular weight is 443 g/mol. The van der Waals surface area contributed by atoms with Crippen molar-refractivity contribution in [1.82, 2.24) is 0 Å². The van der Waals surface area contributed by atoms with Crippen molar-refractivity contribution in [3.63, 3.8) is 0 Å². The number of amides is 1. The number of sulfonamides is 1. The van der Waals surface area contributed by atoms with Gasteiger partial charge in [-0.1, -0.05) is 41.9 Å². The highest BCUT2D eigenvalue weighted by Crippen LogP contribution is 2.24. The third kappa shape index (κ3) is 5.20. The van der Waals surface area contributed by atoms with Crippen LogP contribution < -0.4 is 9.62 Å². The zero-order chi connectivity index (χ0) is 21.9. The summed E-state index contributed by atoms with van der Waals surface area (Å²) < 4.78 is 26.1. The highest BCUT2D eigenvalue weighted by atomic mass is 35.5. The van der Waals surface area contributed by atoms with E-state index in [9.17, 15) is 13.2 Å². The van der Waals surface area contributed by atoms with Crippen molar-refractivity contribution in [3.8, 4) is 0 Å². The molecule has 0 atom stereocenters. The molecular weight excluding hydrogens is 420 g/mol. The Hall–Kier alpha value is -2.83. The lowest BCUT2D eigenvalue weighted by Crippen LogP contribution is -2.29. The van der Waals surface area contributed by atoms with Crippen LogP contribution in [0.2, 0.25) is 5.02 Å². The maximum absolute atomic E-state index is 12.5. The van der Waals surface area contributed by atoms with Crippen LogP contribution in [0.15, 0.2) is 66.7 Å². The molecule has 5 nitrogen and oxygen atoms in total. The molecule has 0 aliphatic heterocycles. The Morgan fingerprint density at radius 3 is 2.23 bits per heavy atom. The second-order valence-electron chi connectivity index (χ2n) is 7.17. The Morgan fingerprint density at radius 1 is 0.967 bits per heavy atom. The molecule has 1 amide bonds. The van der Waals surface area contributed by atoms with Gasteiger partial charge in [-0.3, -0.25) is 9.10 Å². The van der Waals surface area contributed by atoms with E-state index in [0.29, 0.717) is 22.0 Å². The summed E-state index contributed by atoms with van der Waals surface area (Å²) in [6.07, 6.45) is 1.19. The van der Waals surface area contributed by atoms with Crippen LogP contribution in [0.5, 0.6) is 0 Å². The number of carbonyl (C=O) groups excluding carboxylic acids is 1. The molecule has 0 unspecified atom stereocenters. The summed E-state index contributed by atoms with van der Waals surface area (Å²) in [5.74, 6) is -0.288. The van der Waals surface area contributed by atoms with Gasteiger partial charge in [0, 0.05) is 5.56 Å². The van der Waals surface area contributed by atoms with Gasteiger partial charge in [0.25, 0.3) is 5.91 Å². The Kier molecular flexibility index (Phi) is 6.48. The molecule has 0 heterocycles. The van der Waals surface area contributed by atoms with E-state index in [0.717, 1.165) is 16.7 Å². The zero-order valence-electron chi connectivity index (χ0n) is 17.0. The topological polar surface area (TPSA) is 66.5 Å². The van der Waals surface area contributed by atoms with Crippen LogP contribution in [0.4, 0.5) is 11.4 Å². The van der Waals surface area contributed by atoms with Crippen molar-refractivity contribution in [2.75, 3.05) is 15.9 Å². The van der Waals surface area contributed by atoms with E-state index in [2.05, 4.69) is 5.32 Å². The van der Waals surface area contributed by atoms with Crippen molar-refractivity contribution in [3.05, 3.63) is 94.0 Å². The van der Waals surface area contributed by atoms with E-state index in [4.69, 9.17) is 11.6 Å². The average Bonchev–Trinajstić information content (AvgIpc) is 2.69. The van der Waals surface area contributed by atoms with Crippen LogP contribution in [-0.2, 0) is 16.6 Å². The fourth-order valence-corrected chi connectivity index (χ4v) is 4.03. The number of nitrogens with zero attached hydrogens (tertiary/aromatic N) is 1. The summed E-state index contributed by atoms with van der Waals surface area (Å²) in [6, 6.07) is 19.4. The summed E-state index contributed by atoms with van der Waals surface area (Å²) in [4.78, 5) is 12.5. The second-order valence-corrected chi connectivity index (χ2v) is 9.48. The molecular formula is C23H23ClN2O3S. The van der Waals surface area contributed by atoms with E-state index in [1.807, 2.05) is 26.0 Å². The maximum atomic E-state index is 12.5. The number of aryl methyl sites for hydroxylation is 2. The largest absolute Gasteiger partial charge is 0.321 e. The number of carbonyl (C=O) groups is 1. The smallest absolute Gasteiger partial charge is 0.255 e. The molecule has 3 aromatic carbocycles. The highest BCUT2D eigenvalue weighted by Gasteiger charge is 2.19. The summed E-state index contributed by atoms with van der Waals surface area (Å²) >= 11 is 6.08. The molecule has 3 rings (SSSR count). The number of nitrogens with one attached hydrogen (secondary N) is 1.